The first-order valence-electron chi connectivity index (χ1n) is 6.22. The summed E-state index contributed by atoms with van der Waals surface area (Å²) < 4.78 is 13.7. The second-order valence-electron chi connectivity index (χ2n) is 4.62. The number of amides is 2. The van der Waals surface area contributed by atoms with Crippen molar-refractivity contribution in [1.29, 1.82) is 0 Å². The smallest absolute Gasteiger partial charge is 0.322 e. The highest BCUT2D eigenvalue weighted by Crippen LogP contribution is 2.29. The van der Waals surface area contributed by atoms with E-state index >= 15 is 0 Å². The summed E-state index contributed by atoms with van der Waals surface area (Å²) in [4.78, 5) is 24.3. The van der Waals surface area contributed by atoms with Crippen LogP contribution in [0.1, 0.15) is 19.3 Å². The number of carbonyl (C=O) groups excluding carboxylic acids is 1. The quantitative estimate of drug-likeness (QED) is 0.862. The summed E-state index contributed by atoms with van der Waals surface area (Å²) in [6.07, 6.45) is 1.64. The van der Waals surface area contributed by atoms with Crippen LogP contribution in [0.2, 0.25) is 0 Å². The summed E-state index contributed by atoms with van der Waals surface area (Å²) in [6.45, 7) is 0.152. The zero-order valence-electron chi connectivity index (χ0n) is 10.6. The van der Waals surface area contributed by atoms with Crippen LogP contribution in [0.4, 0.5) is 14.9 Å². The zero-order valence-corrected chi connectivity index (χ0v) is 12.2. The molecule has 1 aromatic rings. The molecule has 1 saturated carbocycles. The lowest BCUT2D eigenvalue weighted by molar-refractivity contribution is -0.137. The molecule has 5 nitrogen and oxygen atoms in total. The molecule has 0 spiro atoms. The molecule has 0 aromatic heterocycles. The second-order valence-corrected chi connectivity index (χ2v) is 5.48. The predicted molar refractivity (Wildman–Crippen MR) is 75.1 cm³/mol. The standard InChI is InChI=1S/C13H14BrFN2O3/c14-10-4-1-8(15)7-11(10)16-13(20)17(9-2-3-9)6-5-12(18)19/h1,4,7,9H,2-3,5-6H2,(H,16,20)(H,18,19). The van der Waals surface area contributed by atoms with E-state index in [-0.39, 0.29) is 19.0 Å². The molecule has 0 aliphatic heterocycles. The number of rotatable bonds is 5. The molecule has 2 N–H and O–H groups in total. The second kappa shape index (κ2) is 6.21. The van der Waals surface area contributed by atoms with E-state index in [1.807, 2.05) is 0 Å². The van der Waals surface area contributed by atoms with Crippen LogP contribution < -0.4 is 5.32 Å². The molecule has 1 aromatic carbocycles. The topological polar surface area (TPSA) is 69.6 Å². The SMILES string of the molecule is O=C(O)CCN(C(=O)Nc1cc(F)ccc1Br)C1CC1. The molecule has 0 heterocycles. The van der Waals surface area contributed by atoms with Gasteiger partial charge in [-0.3, -0.25) is 4.79 Å². The van der Waals surface area contributed by atoms with Crippen molar-refractivity contribution >= 4 is 33.6 Å². The normalized spacial score (nSPS) is 13.9. The number of halogens is 2. The van der Waals surface area contributed by atoms with Crippen LogP contribution in [0.15, 0.2) is 22.7 Å². The minimum Gasteiger partial charge on any atom is -0.481 e. The maximum absolute atomic E-state index is 13.2. The van der Waals surface area contributed by atoms with Gasteiger partial charge < -0.3 is 15.3 Å². The van der Waals surface area contributed by atoms with E-state index in [1.54, 1.807) is 0 Å². The van der Waals surface area contributed by atoms with Gasteiger partial charge in [0, 0.05) is 17.1 Å². The van der Waals surface area contributed by atoms with Gasteiger partial charge in [0.2, 0.25) is 0 Å². The molecular formula is C13H14BrFN2O3. The van der Waals surface area contributed by atoms with Crippen molar-refractivity contribution in [3.8, 4) is 0 Å². The average molecular weight is 345 g/mol. The maximum Gasteiger partial charge on any atom is 0.322 e. The highest BCUT2D eigenvalue weighted by molar-refractivity contribution is 9.10. The number of aliphatic carboxylic acids is 1. The largest absolute Gasteiger partial charge is 0.481 e. The van der Waals surface area contributed by atoms with Crippen LogP contribution in [0, 0.1) is 5.82 Å². The van der Waals surface area contributed by atoms with Crippen molar-refractivity contribution in [2.45, 2.75) is 25.3 Å². The van der Waals surface area contributed by atoms with E-state index in [2.05, 4.69) is 21.2 Å². The van der Waals surface area contributed by atoms with Crippen LogP contribution >= 0.6 is 15.9 Å². The van der Waals surface area contributed by atoms with Crippen LogP contribution in [0.3, 0.4) is 0 Å². The van der Waals surface area contributed by atoms with Gasteiger partial charge in [-0.25, -0.2) is 9.18 Å². The fourth-order valence-electron chi connectivity index (χ4n) is 1.83. The molecule has 2 amide bonds. The van der Waals surface area contributed by atoms with Crippen LogP contribution in [-0.4, -0.2) is 34.6 Å². The molecule has 0 radical (unpaired) electrons. The third-order valence-electron chi connectivity index (χ3n) is 2.99. The zero-order chi connectivity index (χ0) is 14.7. The van der Waals surface area contributed by atoms with Gasteiger partial charge >= 0.3 is 12.0 Å². The highest BCUT2D eigenvalue weighted by atomic mass is 79.9. The van der Waals surface area contributed by atoms with E-state index in [0.717, 1.165) is 12.8 Å². The van der Waals surface area contributed by atoms with Crippen molar-refractivity contribution in [1.82, 2.24) is 4.90 Å². The number of carboxylic acids is 1. The molecule has 2 rings (SSSR count). The molecule has 0 saturated heterocycles. The Labute approximate surface area is 123 Å². The molecule has 7 heteroatoms. The number of nitrogens with one attached hydrogen (secondary N) is 1. The van der Waals surface area contributed by atoms with Gasteiger partial charge in [0.1, 0.15) is 5.82 Å². The Morgan fingerprint density at radius 1 is 1.45 bits per heavy atom. The average Bonchev–Trinajstić information content (AvgIpc) is 3.18. The first kappa shape index (κ1) is 14.8. The summed E-state index contributed by atoms with van der Waals surface area (Å²) in [5.41, 5.74) is 0.330. The van der Waals surface area contributed by atoms with Crippen LogP contribution in [0.5, 0.6) is 0 Å². The number of hydrogen-bond donors (Lipinski definition) is 2. The third kappa shape index (κ3) is 3.93. The highest BCUT2D eigenvalue weighted by Gasteiger charge is 2.32. The molecule has 0 atom stereocenters. The molecule has 108 valence electrons. The Balaban J connectivity index is 2.04. The molecule has 1 aliphatic rings. The Bertz CT molecular complexity index is 534. The summed E-state index contributed by atoms with van der Waals surface area (Å²) in [5, 5.41) is 11.3. The van der Waals surface area contributed by atoms with Gasteiger partial charge in [-0.1, -0.05) is 0 Å². The number of hydrogen-bond acceptors (Lipinski definition) is 2. The predicted octanol–water partition coefficient (Wildman–Crippen LogP) is 3.06. The van der Waals surface area contributed by atoms with Gasteiger partial charge in [0.05, 0.1) is 12.1 Å². The van der Waals surface area contributed by atoms with Gasteiger partial charge in [-0.2, -0.15) is 0 Å². The minimum absolute atomic E-state index is 0.0849. The molecule has 20 heavy (non-hydrogen) atoms. The number of urea groups is 1. The van der Waals surface area contributed by atoms with Crippen molar-refractivity contribution in [3.05, 3.63) is 28.5 Å². The number of carbonyl (C=O) groups is 2. The number of nitrogens with zero attached hydrogens (tertiary/aromatic N) is 1. The van der Waals surface area contributed by atoms with Gasteiger partial charge in [0.25, 0.3) is 0 Å². The van der Waals surface area contributed by atoms with Crippen molar-refractivity contribution in [2.75, 3.05) is 11.9 Å². The van der Waals surface area contributed by atoms with Crippen molar-refractivity contribution < 1.29 is 19.1 Å². The fourth-order valence-corrected chi connectivity index (χ4v) is 2.18. The van der Waals surface area contributed by atoms with E-state index < -0.39 is 17.8 Å². The molecule has 0 unspecified atom stereocenters. The molecule has 1 aliphatic carbocycles. The lowest BCUT2D eigenvalue weighted by atomic mass is 10.3. The molecule has 0 bridgehead atoms. The van der Waals surface area contributed by atoms with Crippen LogP contribution in [-0.2, 0) is 4.79 Å². The minimum atomic E-state index is -0.949. The lowest BCUT2D eigenvalue weighted by Crippen LogP contribution is -2.38. The van der Waals surface area contributed by atoms with E-state index in [0.29, 0.717) is 10.2 Å². The summed E-state index contributed by atoms with van der Waals surface area (Å²) in [5.74, 6) is -1.40. The molecular weight excluding hydrogens is 331 g/mol. The lowest BCUT2D eigenvalue weighted by Gasteiger charge is -2.22. The Morgan fingerprint density at radius 2 is 2.15 bits per heavy atom. The van der Waals surface area contributed by atoms with Gasteiger partial charge in [0.15, 0.2) is 0 Å². The molecule has 1 fully saturated rings. The summed E-state index contributed by atoms with van der Waals surface area (Å²) >= 11 is 3.23. The number of carboxylic acid groups (broad SMARTS) is 1. The maximum atomic E-state index is 13.2. The van der Waals surface area contributed by atoms with Crippen LogP contribution in [0.25, 0.3) is 0 Å². The Kier molecular flexibility index (Phi) is 4.59. The monoisotopic (exact) mass is 344 g/mol. The fraction of sp³-hybridized carbons (Fsp3) is 0.385. The van der Waals surface area contributed by atoms with Gasteiger partial charge in [-0.15, -0.1) is 0 Å². The summed E-state index contributed by atoms with van der Waals surface area (Å²) in [7, 11) is 0. The Hall–Kier alpha value is -1.63. The Morgan fingerprint density at radius 3 is 2.75 bits per heavy atom. The number of anilines is 1. The van der Waals surface area contributed by atoms with E-state index in [9.17, 15) is 14.0 Å². The van der Waals surface area contributed by atoms with E-state index in [4.69, 9.17) is 5.11 Å². The van der Waals surface area contributed by atoms with Gasteiger partial charge in [-0.05, 0) is 47.0 Å². The number of benzene rings is 1. The first-order chi connectivity index (χ1) is 9.47. The van der Waals surface area contributed by atoms with Crippen molar-refractivity contribution in [3.63, 3.8) is 0 Å². The van der Waals surface area contributed by atoms with Crippen molar-refractivity contribution in [2.24, 2.45) is 0 Å². The first-order valence-corrected chi connectivity index (χ1v) is 7.01. The van der Waals surface area contributed by atoms with E-state index in [1.165, 1.54) is 23.1 Å². The third-order valence-corrected chi connectivity index (χ3v) is 3.68. The summed E-state index contributed by atoms with van der Waals surface area (Å²) in [6, 6.07) is 3.68.